The minimum absolute atomic E-state index is 0.123. The topological polar surface area (TPSA) is 61.6 Å². The van der Waals surface area contributed by atoms with E-state index in [0.29, 0.717) is 0 Å². The van der Waals surface area contributed by atoms with Crippen LogP contribution in [0.15, 0.2) is 34.9 Å². The molecule has 1 aromatic heterocycles. The van der Waals surface area contributed by atoms with E-state index < -0.39 is 18.1 Å². The number of aromatic nitrogens is 1. The first-order valence-electron chi connectivity index (χ1n) is 5.29. The van der Waals surface area contributed by atoms with E-state index in [-0.39, 0.29) is 17.2 Å². The second kappa shape index (κ2) is 5.24. The van der Waals surface area contributed by atoms with Crippen LogP contribution in [0, 0.1) is 0 Å². The van der Waals surface area contributed by atoms with Gasteiger partial charge in [0.2, 0.25) is 0 Å². The largest absolute Gasteiger partial charge is 0.573 e. The first kappa shape index (κ1) is 13.9. The van der Waals surface area contributed by atoms with Gasteiger partial charge >= 0.3 is 18.2 Å². The fourth-order valence-electron chi connectivity index (χ4n) is 1.44. The van der Waals surface area contributed by atoms with Crippen molar-refractivity contribution in [3.8, 4) is 17.1 Å². The van der Waals surface area contributed by atoms with Crippen molar-refractivity contribution in [1.82, 2.24) is 4.98 Å². The standard InChI is InChI=1S/C12H8F3NO4/c1-18-11(17)10-16-6-9(19-10)7-3-2-4-8(5-7)20-12(13,14)15/h2-6H,1H3. The van der Waals surface area contributed by atoms with E-state index in [0.717, 1.165) is 19.2 Å². The van der Waals surface area contributed by atoms with Crippen LogP contribution in [0.2, 0.25) is 0 Å². The van der Waals surface area contributed by atoms with Crippen LogP contribution in [-0.2, 0) is 4.74 Å². The average Bonchev–Trinajstić information content (AvgIpc) is 2.85. The molecular weight excluding hydrogens is 279 g/mol. The first-order chi connectivity index (χ1) is 9.39. The summed E-state index contributed by atoms with van der Waals surface area (Å²) >= 11 is 0. The summed E-state index contributed by atoms with van der Waals surface area (Å²) in [5.74, 6) is -1.34. The fourth-order valence-corrected chi connectivity index (χ4v) is 1.44. The molecule has 2 rings (SSSR count). The summed E-state index contributed by atoms with van der Waals surface area (Å²) in [6.45, 7) is 0. The quantitative estimate of drug-likeness (QED) is 0.812. The van der Waals surface area contributed by atoms with E-state index in [4.69, 9.17) is 4.42 Å². The zero-order chi connectivity index (χ0) is 14.8. The van der Waals surface area contributed by atoms with Gasteiger partial charge in [0.05, 0.1) is 13.3 Å². The molecule has 0 aliphatic rings. The predicted octanol–water partition coefficient (Wildman–Crippen LogP) is 3.03. The van der Waals surface area contributed by atoms with Crippen molar-refractivity contribution in [3.63, 3.8) is 0 Å². The summed E-state index contributed by atoms with van der Waals surface area (Å²) in [5, 5.41) is 0. The maximum absolute atomic E-state index is 12.1. The van der Waals surface area contributed by atoms with Crippen LogP contribution < -0.4 is 4.74 Å². The molecule has 0 fully saturated rings. The Morgan fingerprint density at radius 2 is 2.10 bits per heavy atom. The Kier molecular flexibility index (Phi) is 3.64. The van der Waals surface area contributed by atoms with Gasteiger partial charge in [-0.25, -0.2) is 9.78 Å². The zero-order valence-corrected chi connectivity index (χ0v) is 10.1. The fraction of sp³-hybridized carbons (Fsp3) is 0.167. The maximum atomic E-state index is 12.1. The van der Waals surface area contributed by atoms with Crippen molar-refractivity contribution in [3.05, 3.63) is 36.4 Å². The summed E-state index contributed by atoms with van der Waals surface area (Å²) in [4.78, 5) is 14.8. The van der Waals surface area contributed by atoms with Gasteiger partial charge in [-0.1, -0.05) is 12.1 Å². The second-order valence-electron chi connectivity index (χ2n) is 3.60. The molecule has 1 aromatic carbocycles. The number of alkyl halides is 3. The normalized spacial score (nSPS) is 11.2. The van der Waals surface area contributed by atoms with Crippen LogP contribution >= 0.6 is 0 Å². The Labute approximate surface area is 110 Å². The molecular formula is C12H8F3NO4. The lowest BCUT2D eigenvalue weighted by atomic mass is 10.2. The molecule has 0 radical (unpaired) electrons. The van der Waals surface area contributed by atoms with Crippen molar-refractivity contribution < 1.29 is 31.9 Å². The molecule has 1 heterocycles. The predicted molar refractivity (Wildman–Crippen MR) is 60.0 cm³/mol. The number of hydrogen-bond acceptors (Lipinski definition) is 5. The van der Waals surface area contributed by atoms with E-state index >= 15 is 0 Å². The van der Waals surface area contributed by atoms with Gasteiger partial charge in [0, 0.05) is 5.56 Å². The van der Waals surface area contributed by atoms with Gasteiger partial charge < -0.3 is 13.9 Å². The number of ether oxygens (including phenoxy) is 2. The van der Waals surface area contributed by atoms with Crippen LogP contribution in [0.4, 0.5) is 13.2 Å². The molecule has 0 aliphatic heterocycles. The molecule has 0 saturated carbocycles. The number of benzene rings is 1. The van der Waals surface area contributed by atoms with Gasteiger partial charge in [0.15, 0.2) is 5.76 Å². The monoisotopic (exact) mass is 287 g/mol. The third-order valence-electron chi connectivity index (χ3n) is 2.22. The van der Waals surface area contributed by atoms with Gasteiger partial charge in [-0.05, 0) is 12.1 Å². The summed E-state index contributed by atoms with van der Waals surface area (Å²) in [6, 6.07) is 5.12. The Morgan fingerprint density at radius 1 is 1.35 bits per heavy atom. The summed E-state index contributed by atoms with van der Waals surface area (Å²) < 4.78 is 49.6. The number of rotatable bonds is 3. The smallest absolute Gasteiger partial charge is 0.462 e. The van der Waals surface area contributed by atoms with Crippen LogP contribution in [-0.4, -0.2) is 24.4 Å². The van der Waals surface area contributed by atoms with E-state index in [1.165, 1.54) is 18.3 Å². The molecule has 0 bridgehead atoms. The Morgan fingerprint density at radius 3 is 2.75 bits per heavy atom. The lowest BCUT2D eigenvalue weighted by Gasteiger charge is -2.09. The number of carbonyl (C=O) groups excluding carboxylic acids is 1. The molecule has 106 valence electrons. The highest BCUT2D eigenvalue weighted by Crippen LogP contribution is 2.28. The lowest BCUT2D eigenvalue weighted by molar-refractivity contribution is -0.274. The SMILES string of the molecule is COC(=O)c1ncc(-c2cccc(OC(F)(F)F)c2)o1. The van der Waals surface area contributed by atoms with Gasteiger partial charge in [0.25, 0.3) is 0 Å². The highest BCUT2D eigenvalue weighted by Gasteiger charge is 2.31. The summed E-state index contributed by atoms with van der Waals surface area (Å²) in [6.07, 6.45) is -3.57. The van der Waals surface area contributed by atoms with Crippen LogP contribution in [0.1, 0.15) is 10.7 Å². The number of hydrogen-bond donors (Lipinski definition) is 0. The zero-order valence-electron chi connectivity index (χ0n) is 10.1. The van der Waals surface area contributed by atoms with Crippen molar-refractivity contribution in [2.75, 3.05) is 7.11 Å². The number of oxazole rings is 1. The lowest BCUT2D eigenvalue weighted by Crippen LogP contribution is -2.17. The number of halogens is 3. The molecule has 0 amide bonds. The van der Waals surface area contributed by atoms with Crippen LogP contribution in [0.5, 0.6) is 5.75 Å². The summed E-state index contributed by atoms with van der Waals surface area (Å²) in [5.41, 5.74) is 0.286. The number of carbonyl (C=O) groups is 1. The van der Waals surface area contributed by atoms with Gasteiger partial charge in [0.1, 0.15) is 5.75 Å². The Hall–Kier alpha value is -2.51. The van der Waals surface area contributed by atoms with Crippen molar-refractivity contribution in [2.45, 2.75) is 6.36 Å². The molecule has 2 aromatic rings. The second-order valence-corrected chi connectivity index (χ2v) is 3.60. The molecule has 0 spiro atoms. The van der Waals surface area contributed by atoms with Gasteiger partial charge in [-0.3, -0.25) is 0 Å². The first-order valence-corrected chi connectivity index (χ1v) is 5.29. The molecule has 0 N–H and O–H groups in total. The van der Waals surface area contributed by atoms with Crippen LogP contribution in [0.25, 0.3) is 11.3 Å². The van der Waals surface area contributed by atoms with Crippen molar-refractivity contribution in [2.24, 2.45) is 0 Å². The molecule has 20 heavy (non-hydrogen) atoms. The Bertz CT molecular complexity index is 621. The van der Waals surface area contributed by atoms with Crippen molar-refractivity contribution in [1.29, 1.82) is 0 Å². The van der Waals surface area contributed by atoms with Gasteiger partial charge in [-0.2, -0.15) is 0 Å². The minimum atomic E-state index is -4.78. The summed E-state index contributed by atoms with van der Waals surface area (Å²) in [7, 11) is 1.16. The average molecular weight is 287 g/mol. The third kappa shape index (κ3) is 3.28. The molecule has 5 nitrogen and oxygen atoms in total. The molecule has 0 saturated heterocycles. The third-order valence-corrected chi connectivity index (χ3v) is 2.22. The minimum Gasteiger partial charge on any atom is -0.462 e. The van der Waals surface area contributed by atoms with E-state index in [1.807, 2.05) is 0 Å². The highest BCUT2D eigenvalue weighted by molar-refractivity contribution is 5.84. The molecule has 0 aliphatic carbocycles. The van der Waals surface area contributed by atoms with Crippen LogP contribution in [0.3, 0.4) is 0 Å². The molecule has 0 unspecified atom stereocenters. The maximum Gasteiger partial charge on any atom is 0.573 e. The number of methoxy groups -OCH3 is 1. The highest BCUT2D eigenvalue weighted by atomic mass is 19.4. The number of nitrogens with zero attached hydrogens (tertiary/aromatic N) is 1. The Balaban J connectivity index is 2.27. The van der Waals surface area contributed by atoms with Gasteiger partial charge in [-0.15, -0.1) is 13.2 Å². The molecule has 8 heteroatoms. The van der Waals surface area contributed by atoms with E-state index in [1.54, 1.807) is 0 Å². The number of esters is 1. The van der Waals surface area contributed by atoms with E-state index in [2.05, 4.69) is 14.5 Å². The molecule has 0 atom stereocenters. The van der Waals surface area contributed by atoms with Crippen molar-refractivity contribution >= 4 is 5.97 Å². The van der Waals surface area contributed by atoms with E-state index in [9.17, 15) is 18.0 Å².